The number of rotatable bonds is 5. The van der Waals surface area contributed by atoms with Crippen LogP contribution < -0.4 is 11.1 Å². The molecule has 3 rings (SSSR count). The second kappa shape index (κ2) is 7.69. The van der Waals surface area contributed by atoms with Gasteiger partial charge in [0, 0.05) is 46.5 Å². The Morgan fingerprint density at radius 2 is 1.88 bits per heavy atom. The van der Waals surface area contributed by atoms with Crippen LogP contribution in [0.4, 0.5) is 5.69 Å². The van der Waals surface area contributed by atoms with Gasteiger partial charge in [0.05, 0.1) is 0 Å². The Hall–Kier alpha value is -2.04. The van der Waals surface area contributed by atoms with Crippen molar-refractivity contribution in [3.63, 3.8) is 0 Å². The molecule has 1 aromatic heterocycles. The van der Waals surface area contributed by atoms with Gasteiger partial charge in [-0.25, -0.2) is 0 Å². The molecule has 1 heterocycles. The normalized spacial score (nSPS) is 12.1. The first-order valence-corrected chi connectivity index (χ1v) is 8.16. The average molecular weight is 346 g/mol. The lowest BCUT2D eigenvalue weighted by molar-refractivity contribution is -0.116. The van der Waals surface area contributed by atoms with Gasteiger partial charge < -0.3 is 15.6 Å². The van der Waals surface area contributed by atoms with Crippen molar-refractivity contribution in [2.24, 2.45) is 5.73 Å². The number of para-hydroxylation sites is 1. The van der Waals surface area contributed by atoms with Gasteiger partial charge in [0.1, 0.15) is 0 Å². The molecule has 0 saturated heterocycles. The van der Waals surface area contributed by atoms with E-state index in [1.807, 2.05) is 13.0 Å². The van der Waals surface area contributed by atoms with Crippen LogP contribution in [0.25, 0.3) is 21.8 Å². The fraction of sp³-hybridized carbons (Fsp3) is 0.316. The zero-order valence-corrected chi connectivity index (χ0v) is 14.9. The summed E-state index contributed by atoms with van der Waals surface area (Å²) in [7, 11) is 0. The quantitative estimate of drug-likeness (QED) is 0.724. The maximum absolute atomic E-state index is 12.0. The van der Waals surface area contributed by atoms with Gasteiger partial charge in [0.2, 0.25) is 5.91 Å². The first kappa shape index (κ1) is 18.3. The smallest absolute Gasteiger partial charge is 0.224 e. The monoisotopic (exact) mass is 345 g/mol. The zero-order chi connectivity index (χ0) is 16.4. The Morgan fingerprint density at radius 3 is 2.58 bits per heavy atom. The van der Waals surface area contributed by atoms with Gasteiger partial charge in [-0.1, -0.05) is 18.2 Å². The van der Waals surface area contributed by atoms with E-state index in [1.54, 1.807) is 0 Å². The van der Waals surface area contributed by atoms with Gasteiger partial charge in [-0.2, -0.15) is 0 Å². The number of carbonyl (C=O) groups excluding carboxylic acids is 1. The molecule has 24 heavy (non-hydrogen) atoms. The highest BCUT2D eigenvalue weighted by molar-refractivity contribution is 6.09. The van der Waals surface area contributed by atoms with E-state index in [-0.39, 0.29) is 24.4 Å². The molecule has 128 valence electrons. The fourth-order valence-corrected chi connectivity index (χ4v) is 3.05. The van der Waals surface area contributed by atoms with Crippen molar-refractivity contribution in [1.29, 1.82) is 0 Å². The van der Waals surface area contributed by atoms with Crippen LogP contribution >= 0.6 is 12.4 Å². The Balaban J connectivity index is 0.00000208. The lowest BCUT2D eigenvalue weighted by Gasteiger charge is -2.08. The summed E-state index contributed by atoms with van der Waals surface area (Å²) in [6.07, 6.45) is 1.15. The number of benzene rings is 2. The van der Waals surface area contributed by atoms with E-state index in [4.69, 9.17) is 5.73 Å². The molecule has 0 aliphatic heterocycles. The minimum Gasteiger partial charge on any atom is -0.341 e. The number of hydrogen-bond acceptors (Lipinski definition) is 2. The SMILES string of the molecule is CCn1c2ccccc2c2cc(NC(=O)CCC(C)N)ccc21.Cl. The molecular formula is C19H24ClN3O. The Bertz CT molecular complexity index is 854. The summed E-state index contributed by atoms with van der Waals surface area (Å²) in [4.78, 5) is 12.0. The molecule has 0 spiro atoms. The van der Waals surface area contributed by atoms with Crippen LogP contribution in [0.15, 0.2) is 42.5 Å². The number of anilines is 1. The molecule has 0 saturated carbocycles. The number of nitrogens with one attached hydrogen (secondary N) is 1. The number of nitrogens with zero attached hydrogens (tertiary/aromatic N) is 1. The van der Waals surface area contributed by atoms with Crippen LogP contribution in [-0.4, -0.2) is 16.5 Å². The maximum Gasteiger partial charge on any atom is 0.224 e. The topological polar surface area (TPSA) is 60.0 Å². The van der Waals surface area contributed by atoms with Crippen LogP contribution in [0.1, 0.15) is 26.7 Å². The van der Waals surface area contributed by atoms with Crippen LogP contribution in [0.3, 0.4) is 0 Å². The largest absolute Gasteiger partial charge is 0.341 e. The van der Waals surface area contributed by atoms with Crippen LogP contribution in [0.5, 0.6) is 0 Å². The standard InChI is InChI=1S/C19H23N3O.ClH/c1-3-22-17-7-5-4-6-15(17)16-12-14(9-10-18(16)22)21-19(23)11-8-13(2)20;/h4-7,9-10,12-13H,3,8,11,20H2,1-2H3,(H,21,23);1H. The maximum atomic E-state index is 12.0. The lowest BCUT2D eigenvalue weighted by atomic mass is 10.1. The van der Waals surface area contributed by atoms with Gasteiger partial charge in [-0.15, -0.1) is 12.4 Å². The summed E-state index contributed by atoms with van der Waals surface area (Å²) in [5.41, 5.74) is 8.97. The summed E-state index contributed by atoms with van der Waals surface area (Å²) in [6, 6.07) is 14.5. The molecule has 0 radical (unpaired) electrons. The zero-order valence-electron chi connectivity index (χ0n) is 14.1. The number of aromatic nitrogens is 1. The highest BCUT2D eigenvalue weighted by atomic mass is 35.5. The van der Waals surface area contributed by atoms with E-state index < -0.39 is 0 Å². The van der Waals surface area contributed by atoms with Gasteiger partial charge >= 0.3 is 0 Å². The van der Waals surface area contributed by atoms with Crippen molar-refractivity contribution in [3.8, 4) is 0 Å². The molecule has 3 aromatic rings. The van der Waals surface area contributed by atoms with Gasteiger partial charge in [0.25, 0.3) is 0 Å². The first-order valence-electron chi connectivity index (χ1n) is 8.16. The molecule has 0 fully saturated rings. The number of hydrogen-bond donors (Lipinski definition) is 2. The van der Waals surface area contributed by atoms with Gasteiger partial charge in [-0.3, -0.25) is 4.79 Å². The second-order valence-electron chi connectivity index (χ2n) is 6.06. The number of carbonyl (C=O) groups is 1. The third kappa shape index (κ3) is 3.55. The van der Waals surface area contributed by atoms with Crippen molar-refractivity contribution >= 4 is 45.8 Å². The molecule has 1 unspecified atom stereocenters. The van der Waals surface area contributed by atoms with Gasteiger partial charge in [-0.05, 0) is 44.5 Å². The predicted molar refractivity (Wildman–Crippen MR) is 104 cm³/mol. The van der Waals surface area contributed by atoms with E-state index in [0.717, 1.165) is 12.2 Å². The summed E-state index contributed by atoms with van der Waals surface area (Å²) in [5, 5.41) is 5.37. The summed E-state index contributed by atoms with van der Waals surface area (Å²) in [6.45, 7) is 4.98. The van der Waals surface area contributed by atoms with E-state index >= 15 is 0 Å². The second-order valence-corrected chi connectivity index (χ2v) is 6.06. The summed E-state index contributed by atoms with van der Waals surface area (Å²) in [5.74, 6) is 0.0147. The van der Waals surface area contributed by atoms with Crippen molar-refractivity contribution in [2.75, 3.05) is 5.32 Å². The number of amides is 1. The predicted octanol–water partition coefficient (Wildman–Crippen LogP) is 4.30. The molecule has 5 heteroatoms. The average Bonchev–Trinajstić information content (AvgIpc) is 2.86. The molecule has 1 amide bonds. The van der Waals surface area contributed by atoms with Crippen LogP contribution in [0, 0.1) is 0 Å². The fourth-order valence-electron chi connectivity index (χ4n) is 3.05. The number of nitrogens with two attached hydrogens (primary N) is 1. The molecule has 0 aliphatic rings. The van der Waals surface area contributed by atoms with Gasteiger partial charge in [0.15, 0.2) is 0 Å². The number of aryl methyl sites for hydroxylation is 1. The highest BCUT2D eigenvalue weighted by Gasteiger charge is 2.11. The van der Waals surface area contributed by atoms with E-state index in [2.05, 4.69) is 53.2 Å². The molecule has 4 nitrogen and oxygen atoms in total. The van der Waals surface area contributed by atoms with E-state index in [9.17, 15) is 4.79 Å². The third-order valence-corrected chi connectivity index (χ3v) is 4.20. The molecule has 1 atom stereocenters. The Kier molecular flexibility index (Phi) is 5.86. The van der Waals surface area contributed by atoms with Crippen LogP contribution in [0.2, 0.25) is 0 Å². The highest BCUT2D eigenvalue weighted by Crippen LogP contribution is 2.30. The lowest BCUT2D eigenvalue weighted by Crippen LogP contribution is -2.19. The minimum absolute atomic E-state index is 0. The summed E-state index contributed by atoms with van der Waals surface area (Å²) < 4.78 is 2.30. The van der Waals surface area contributed by atoms with Crippen molar-refractivity contribution in [3.05, 3.63) is 42.5 Å². The summed E-state index contributed by atoms with van der Waals surface area (Å²) >= 11 is 0. The number of fused-ring (bicyclic) bond motifs is 3. The van der Waals surface area contributed by atoms with E-state index in [0.29, 0.717) is 12.8 Å². The van der Waals surface area contributed by atoms with Crippen molar-refractivity contribution in [1.82, 2.24) is 4.57 Å². The molecular weight excluding hydrogens is 322 g/mol. The third-order valence-electron chi connectivity index (χ3n) is 4.20. The molecule has 0 bridgehead atoms. The Labute approximate surface area is 148 Å². The Morgan fingerprint density at radius 1 is 1.17 bits per heavy atom. The van der Waals surface area contributed by atoms with Crippen LogP contribution in [-0.2, 0) is 11.3 Å². The van der Waals surface area contributed by atoms with Crippen molar-refractivity contribution < 1.29 is 4.79 Å². The first-order chi connectivity index (χ1) is 11.1. The van der Waals surface area contributed by atoms with E-state index in [1.165, 1.54) is 21.8 Å². The molecule has 0 aliphatic carbocycles. The van der Waals surface area contributed by atoms with Crippen molar-refractivity contribution in [2.45, 2.75) is 39.3 Å². The molecule has 3 N–H and O–H groups in total. The molecule has 2 aromatic carbocycles. The number of halogens is 1. The minimum atomic E-state index is 0.